The minimum absolute atomic E-state index is 0.290. The second-order valence-electron chi connectivity index (χ2n) is 5.98. The molecule has 0 spiro atoms. The zero-order valence-electron chi connectivity index (χ0n) is 12.5. The molecule has 2 heterocycles. The molecule has 1 N–H and O–H groups in total. The number of hydrogen-bond donors (Lipinski definition) is 1. The molecule has 2 aliphatic rings. The van der Waals surface area contributed by atoms with E-state index in [1.54, 1.807) is 0 Å². The first-order valence-electron chi connectivity index (χ1n) is 7.98. The van der Waals surface area contributed by atoms with Crippen LogP contribution in [0, 0.1) is 0 Å². The third-order valence-corrected chi connectivity index (χ3v) is 4.39. The summed E-state index contributed by atoms with van der Waals surface area (Å²) in [5.41, 5.74) is 2.56. The van der Waals surface area contributed by atoms with E-state index < -0.39 is 0 Å². The fraction of sp³-hybridized carbons (Fsp3) is 0.588. The SMILES string of the molecule is O=C1CCCN1Cc1ccccc1CNC1CCCOC1. The van der Waals surface area contributed by atoms with E-state index in [0.29, 0.717) is 18.4 Å². The van der Waals surface area contributed by atoms with Crippen LogP contribution in [0.4, 0.5) is 0 Å². The van der Waals surface area contributed by atoms with Crippen molar-refractivity contribution in [2.75, 3.05) is 19.8 Å². The van der Waals surface area contributed by atoms with Crippen LogP contribution in [0.3, 0.4) is 0 Å². The first-order chi connectivity index (χ1) is 10.3. The number of rotatable bonds is 5. The largest absolute Gasteiger partial charge is 0.380 e. The molecule has 1 aromatic carbocycles. The van der Waals surface area contributed by atoms with E-state index in [-0.39, 0.29) is 0 Å². The maximum atomic E-state index is 11.8. The lowest BCUT2D eigenvalue weighted by Crippen LogP contribution is -2.36. The summed E-state index contributed by atoms with van der Waals surface area (Å²) in [5.74, 6) is 0.290. The molecular weight excluding hydrogens is 264 g/mol. The molecule has 0 aliphatic carbocycles. The van der Waals surface area contributed by atoms with Gasteiger partial charge in [-0.05, 0) is 30.4 Å². The summed E-state index contributed by atoms with van der Waals surface area (Å²) < 4.78 is 5.51. The van der Waals surface area contributed by atoms with Gasteiger partial charge in [0, 0.05) is 38.7 Å². The maximum Gasteiger partial charge on any atom is 0.222 e. The van der Waals surface area contributed by atoms with Gasteiger partial charge in [0.2, 0.25) is 5.91 Å². The van der Waals surface area contributed by atoms with Crippen LogP contribution in [0.5, 0.6) is 0 Å². The van der Waals surface area contributed by atoms with E-state index in [0.717, 1.165) is 45.7 Å². The van der Waals surface area contributed by atoms with Crippen LogP contribution in [0.25, 0.3) is 0 Å². The van der Waals surface area contributed by atoms with Crippen molar-refractivity contribution < 1.29 is 9.53 Å². The van der Waals surface area contributed by atoms with Crippen LogP contribution in [-0.4, -0.2) is 36.6 Å². The number of amides is 1. The van der Waals surface area contributed by atoms with Gasteiger partial charge in [-0.15, -0.1) is 0 Å². The highest BCUT2D eigenvalue weighted by molar-refractivity contribution is 5.78. The number of ether oxygens (including phenoxy) is 1. The Morgan fingerprint density at radius 3 is 2.81 bits per heavy atom. The molecule has 2 aliphatic heterocycles. The van der Waals surface area contributed by atoms with Gasteiger partial charge in [-0.25, -0.2) is 0 Å². The highest BCUT2D eigenvalue weighted by Gasteiger charge is 2.21. The molecule has 114 valence electrons. The number of benzene rings is 1. The van der Waals surface area contributed by atoms with E-state index in [2.05, 4.69) is 29.6 Å². The number of nitrogens with one attached hydrogen (secondary N) is 1. The molecule has 0 saturated carbocycles. The molecule has 1 unspecified atom stereocenters. The Labute approximate surface area is 126 Å². The highest BCUT2D eigenvalue weighted by atomic mass is 16.5. The van der Waals surface area contributed by atoms with E-state index in [9.17, 15) is 4.79 Å². The van der Waals surface area contributed by atoms with Gasteiger partial charge >= 0.3 is 0 Å². The summed E-state index contributed by atoms with van der Waals surface area (Å²) in [6.07, 6.45) is 4.03. The molecule has 3 rings (SSSR count). The first-order valence-corrected chi connectivity index (χ1v) is 7.98. The predicted octanol–water partition coefficient (Wildman–Crippen LogP) is 2.08. The topological polar surface area (TPSA) is 41.6 Å². The van der Waals surface area contributed by atoms with Crippen LogP contribution in [-0.2, 0) is 22.6 Å². The standard InChI is InChI=1S/C17H24N2O2/c20-17-8-3-9-19(17)12-15-6-2-1-5-14(15)11-18-16-7-4-10-21-13-16/h1-2,5-6,16,18H,3-4,7-13H2. The Morgan fingerprint density at radius 1 is 1.24 bits per heavy atom. The Morgan fingerprint density at radius 2 is 2.10 bits per heavy atom. The van der Waals surface area contributed by atoms with E-state index in [4.69, 9.17) is 4.74 Å². The molecule has 1 aromatic rings. The zero-order valence-corrected chi connectivity index (χ0v) is 12.5. The average Bonchev–Trinajstić information content (AvgIpc) is 2.93. The summed E-state index contributed by atoms with van der Waals surface area (Å²) in [7, 11) is 0. The van der Waals surface area contributed by atoms with Gasteiger partial charge in [-0.2, -0.15) is 0 Å². The van der Waals surface area contributed by atoms with E-state index in [1.807, 2.05) is 4.90 Å². The van der Waals surface area contributed by atoms with Crippen LogP contribution in [0.15, 0.2) is 24.3 Å². The van der Waals surface area contributed by atoms with E-state index >= 15 is 0 Å². The number of hydrogen-bond acceptors (Lipinski definition) is 3. The van der Waals surface area contributed by atoms with Crippen molar-refractivity contribution in [2.24, 2.45) is 0 Å². The van der Waals surface area contributed by atoms with Gasteiger partial charge in [-0.3, -0.25) is 4.79 Å². The van der Waals surface area contributed by atoms with Gasteiger partial charge in [0.15, 0.2) is 0 Å². The monoisotopic (exact) mass is 288 g/mol. The third kappa shape index (κ3) is 3.83. The van der Waals surface area contributed by atoms with Crippen molar-refractivity contribution in [1.29, 1.82) is 0 Å². The molecule has 1 atom stereocenters. The number of likely N-dealkylation sites (tertiary alicyclic amines) is 1. The Hall–Kier alpha value is -1.39. The number of carbonyl (C=O) groups is 1. The maximum absolute atomic E-state index is 11.8. The van der Waals surface area contributed by atoms with Crippen LogP contribution in [0.2, 0.25) is 0 Å². The molecule has 4 nitrogen and oxygen atoms in total. The normalized spacial score (nSPS) is 22.8. The van der Waals surface area contributed by atoms with Crippen LogP contribution in [0.1, 0.15) is 36.8 Å². The van der Waals surface area contributed by atoms with E-state index in [1.165, 1.54) is 17.5 Å². The van der Waals surface area contributed by atoms with Crippen molar-refractivity contribution >= 4 is 5.91 Å². The molecule has 2 saturated heterocycles. The van der Waals surface area contributed by atoms with Gasteiger partial charge < -0.3 is 15.0 Å². The minimum Gasteiger partial charge on any atom is -0.380 e. The summed E-state index contributed by atoms with van der Waals surface area (Å²) in [6.45, 7) is 4.21. The fourth-order valence-corrected chi connectivity index (χ4v) is 3.12. The summed E-state index contributed by atoms with van der Waals surface area (Å²) in [4.78, 5) is 13.8. The Balaban J connectivity index is 1.60. The van der Waals surface area contributed by atoms with Gasteiger partial charge in [0.25, 0.3) is 0 Å². The number of carbonyl (C=O) groups excluding carboxylic acids is 1. The quantitative estimate of drug-likeness (QED) is 0.902. The molecular formula is C17H24N2O2. The second kappa shape index (κ2) is 7.05. The molecule has 2 fully saturated rings. The summed E-state index contributed by atoms with van der Waals surface area (Å²) >= 11 is 0. The van der Waals surface area contributed by atoms with Crippen molar-refractivity contribution in [1.82, 2.24) is 10.2 Å². The van der Waals surface area contributed by atoms with Crippen molar-refractivity contribution in [3.8, 4) is 0 Å². The smallest absolute Gasteiger partial charge is 0.222 e. The van der Waals surface area contributed by atoms with Crippen molar-refractivity contribution in [3.05, 3.63) is 35.4 Å². The Kier molecular flexibility index (Phi) is 4.88. The number of nitrogens with zero attached hydrogens (tertiary/aromatic N) is 1. The molecule has 21 heavy (non-hydrogen) atoms. The third-order valence-electron chi connectivity index (χ3n) is 4.39. The Bertz CT molecular complexity index is 483. The van der Waals surface area contributed by atoms with Gasteiger partial charge in [-0.1, -0.05) is 24.3 Å². The summed E-state index contributed by atoms with van der Waals surface area (Å²) in [5, 5.41) is 3.59. The van der Waals surface area contributed by atoms with Gasteiger partial charge in [0.1, 0.15) is 0 Å². The zero-order chi connectivity index (χ0) is 14.5. The fourth-order valence-electron chi connectivity index (χ4n) is 3.12. The molecule has 0 radical (unpaired) electrons. The van der Waals surface area contributed by atoms with Crippen molar-refractivity contribution in [3.63, 3.8) is 0 Å². The molecule has 0 bridgehead atoms. The minimum atomic E-state index is 0.290. The summed E-state index contributed by atoms with van der Waals surface area (Å²) in [6, 6.07) is 8.89. The lowest BCUT2D eigenvalue weighted by molar-refractivity contribution is -0.128. The predicted molar refractivity (Wildman–Crippen MR) is 81.8 cm³/mol. The lowest BCUT2D eigenvalue weighted by atomic mass is 10.1. The van der Waals surface area contributed by atoms with Crippen molar-refractivity contribution in [2.45, 2.75) is 44.8 Å². The molecule has 1 amide bonds. The molecule has 4 heteroatoms. The lowest BCUT2D eigenvalue weighted by Gasteiger charge is -2.24. The second-order valence-corrected chi connectivity index (χ2v) is 5.98. The molecule has 0 aromatic heterocycles. The highest BCUT2D eigenvalue weighted by Crippen LogP contribution is 2.17. The van der Waals surface area contributed by atoms with Gasteiger partial charge in [0.05, 0.1) is 6.61 Å². The average molecular weight is 288 g/mol. The first kappa shape index (κ1) is 14.5. The van der Waals surface area contributed by atoms with Crippen LogP contribution < -0.4 is 5.32 Å². The van der Waals surface area contributed by atoms with Crippen LogP contribution >= 0.6 is 0 Å².